The van der Waals surface area contributed by atoms with Crippen LogP contribution in [0.5, 0.6) is 0 Å². The van der Waals surface area contributed by atoms with Gasteiger partial charge < -0.3 is 15.5 Å². The zero-order chi connectivity index (χ0) is 19.5. The van der Waals surface area contributed by atoms with Crippen LogP contribution in [0.3, 0.4) is 0 Å². The van der Waals surface area contributed by atoms with Crippen molar-refractivity contribution in [2.75, 3.05) is 27.8 Å². The van der Waals surface area contributed by atoms with Crippen molar-refractivity contribution in [3.8, 4) is 0 Å². The normalized spacial score (nSPS) is 13.0. The number of carbonyl (C=O) groups is 2. The molecule has 0 fully saturated rings. The van der Waals surface area contributed by atoms with Crippen LogP contribution in [0.25, 0.3) is 0 Å². The maximum Gasteiger partial charge on any atom is 0.244 e. The van der Waals surface area contributed by atoms with Gasteiger partial charge in [0.1, 0.15) is 6.54 Å². The lowest BCUT2D eigenvalue weighted by Gasteiger charge is -2.28. The van der Waals surface area contributed by atoms with Crippen molar-refractivity contribution in [2.24, 2.45) is 0 Å². The summed E-state index contributed by atoms with van der Waals surface area (Å²) in [5.41, 5.74) is 3.49. The molecule has 3 aromatic rings. The number of anilines is 4. The molecular weight excluding hydrogens is 394 g/mol. The van der Waals surface area contributed by atoms with Crippen LogP contribution < -0.4 is 15.5 Å². The van der Waals surface area contributed by atoms with Crippen LogP contribution in [0.2, 0.25) is 0 Å². The minimum atomic E-state index is -0.197. The number of nitrogens with one attached hydrogen (secondary N) is 2. The van der Waals surface area contributed by atoms with E-state index in [1.54, 1.807) is 6.07 Å². The summed E-state index contributed by atoms with van der Waals surface area (Å²) in [5.74, 6) is -0.158. The maximum absolute atomic E-state index is 12.7. The number of para-hydroxylation sites is 2. The molecule has 0 spiro atoms. The van der Waals surface area contributed by atoms with Gasteiger partial charge in [0.05, 0.1) is 17.1 Å². The third-order valence-corrected chi connectivity index (χ3v) is 6.06. The monoisotopic (exact) mass is 411 g/mol. The van der Waals surface area contributed by atoms with Gasteiger partial charge in [0.25, 0.3) is 0 Å². The second-order valence-electron chi connectivity index (χ2n) is 6.20. The second kappa shape index (κ2) is 7.99. The number of benzene rings is 2. The summed E-state index contributed by atoms with van der Waals surface area (Å²) in [5, 5.41) is 14.9. The van der Waals surface area contributed by atoms with Crippen molar-refractivity contribution in [3.63, 3.8) is 0 Å². The van der Waals surface area contributed by atoms with E-state index >= 15 is 0 Å². The molecule has 142 valence electrons. The van der Waals surface area contributed by atoms with Gasteiger partial charge in [0, 0.05) is 5.69 Å². The number of aromatic nitrogens is 2. The van der Waals surface area contributed by atoms with Crippen molar-refractivity contribution in [3.05, 3.63) is 54.1 Å². The quantitative estimate of drug-likeness (QED) is 0.623. The van der Waals surface area contributed by atoms with Gasteiger partial charge in [-0.15, -0.1) is 10.2 Å². The molecule has 0 bridgehead atoms. The number of carbonyl (C=O) groups excluding carboxylic acids is 2. The molecular formula is C19H17N5O2S2. The van der Waals surface area contributed by atoms with E-state index in [1.165, 1.54) is 33.6 Å². The highest BCUT2D eigenvalue weighted by Gasteiger charge is 2.26. The van der Waals surface area contributed by atoms with Gasteiger partial charge in [-0.1, -0.05) is 52.9 Å². The van der Waals surface area contributed by atoms with Gasteiger partial charge in [-0.3, -0.25) is 9.59 Å². The van der Waals surface area contributed by atoms with E-state index in [0.717, 1.165) is 5.69 Å². The second-order valence-corrected chi connectivity index (χ2v) is 8.40. The lowest BCUT2D eigenvalue weighted by atomic mass is 10.2. The number of rotatable bonds is 5. The predicted octanol–water partition coefficient (Wildman–Crippen LogP) is 3.67. The first-order valence-corrected chi connectivity index (χ1v) is 10.4. The van der Waals surface area contributed by atoms with Crippen molar-refractivity contribution >= 4 is 57.1 Å². The van der Waals surface area contributed by atoms with Crippen LogP contribution in [-0.2, 0) is 9.59 Å². The Morgan fingerprint density at radius 3 is 2.82 bits per heavy atom. The van der Waals surface area contributed by atoms with E-state index < -0.39 is 0 Å². The Kier molecular flexibility index (Phi) is 5.27. The molecule has 28 heavy (non-hydrogen) atoms. The number of amides is 2. The number of nitrogens with zero attached hydrogens (tertiary/aromatic N) is 3. The van der Waals surface area contributed by atoms with Gasteiger partial charge in [-0.25, -0.2) is 0 Å². The zero-order valence-corrected chi connectivity index (χ0v) is 16.6. The highest BCUT2D eigenvalue weighted by atomic mass is 32.2. The largest absolute Gasteiger partial charge is 0.330 e. The molecule has 2 N–H and O–H groups in total. The molecule has 0 saturated heterocycles. The summed E-state index contributed by atoms with van der Waals surface area (Å²) < 4.78 is 0.692. The average Bonchev–Trinajstić information content (AvgIpc) is 3.14. The van der Waals surface area contributed by atoms with Gasteiger partial charge >= 0.3 is 0 Å². The Labute approximate surface area is 170 Å². The average molecular weight is 412 g/mol. The molecule has 1 aliphatic heterocycles. The van der Waals surface area contributed by atoms with Gasteiger partial charge in [-0.2, -0.15) is 0 Å². The van der Waals surface area contributed by atoms with Crippen LogP contribution in [0, 0.1) is 6.92 Å². The SMILES string of the molecule is Cc1ccc(Nc2nnc(SCC(=O)N3CC(=O)Nc4ccccc43)s2)cc1. The van der Waals surface area contributed by atoms with E-state index in [0.29, 0.717) is 20.8 Å². The van der Waals surface area contributed by atoms with Crippen LogP contribution in [-0.4, -0.2) is 34.3 Å². The number of thioether (sulfide) groups is 1. The Hall–Kier alpha value is -2.91. The van der Waals surface area contributed by atoms with Gasteiger partial charge in [0.15, 0.2) is 4.34 Å². The Morgan fingerprint density at radius 2 is 2.00 bits per heavy atom. The number of aryl methyl sites for hydroxylation is 1. The first-order valence-electron chi connectivity index (χ1n) is 8.58. The molecule has 2 aromatic carbocycles. The molecule has 0 aliphatic carbocycles. The Bertz CT molecular complexity index is 1020. The molecule has 1 aliphatic rings. The van der Waals surface area contributed by atoms with Crippen molar-refractivity contribution in [2.45, 2.75) is 11.3 Å². The lowest BCUT2D eigenvalue weighted by Crippen LogP contribution is -2.43. The predicted molar refractivity (Wildman–Crippen MR) is 113 cm³/mol. The molecule has 0 saturated carbocycles. The molecule has 9 heteroatoms. The summed E-state index contributed by atoms with van der Waals surface area (Å²) in [6.07, 6.45) is 0. The fourth-order valence-corrected chi connectivity index (χ4v) is 4.38. The van der Waals surface area contributed by atoms with Gasteiger partial charge in [0.2, 0.25) is 16.9 Å². The highest BCUT2D eigenvalue weighted by Crippen LogP contribution is 2.31. The summed E-state index contributed by atoms with van der Waals surface area (Å²) >= 11 is 2.70. The lowest BCUT2D eigenvalue weighted by molar-refractivity contribution is -0.120. The third-order valence-electron chi connectivity index (χ3n) is 4.10. The summed E-state index contributed by atoms with van der Waals surface area (Å²) in [4.78, 5) is 26.1. The van der Waals surface area contributed by atoms with E-state index in [4.69, 9.17) is 0 Å². The maximum atomic E-state index is 12.7. The van der Waals surface area contributed by atoms with E-state index in [1.807, 2.05) is 49.4 Å². The fourth-order valence-electron chi connectivity index (χ4n) is 2.74. The number of hydrogen-bond acceptors (Lipinski definition) is 7. The summed E-state index contributed by atoms with van der Waals surface area (Å²) in [7, 11) is 0. The summed E-state index contributed by atoms with van der Waals surface area (Å²) in [6.45, 7) is 2.05. The van der Waals surface area contributed by atoms with Crippen molar-refractivity contribution in [1.29, 1.82) is 0 Å². The zero-order valence-electron chi connectivity index (χ0n) is 15.0. The van der Waals surface area contributed by atoms with Crippen molar-refractivity contribution < 1.29 is 9.59 Å². The number of hydrogen-bond donors (Lipinski definition) is 2. The molecule has 0 unspecified atom stereocenters. The molecule has 0 radical (unpaired) electrons. The smallest absolute Gasteiger partial charge is 0.244 e. The molecule has 4 rings (SSSR count). The minimum Gasteiger partial charge on any atom is -0.330 e. The first kappa shape index (κ1) is 18.5. The van der Waals surface area contributed by atoms with E-state index in [2.05, 4.69) is 20.8 Å². The Balaban J connectivity index is 1.38. The summed E-state index contributed by atoms with van der Waals surface area (Å²) in [6, 6.07) is 15.3. The fraction of sp³-hybridized carbons (Fsp3) is 0.158. The van der Waals surface area contributed by atoms with Gasteiger partial charge in [-0.05, 0) is 31.2 Å². The topological polar surface area (TPSA) is 87.2 Å². The molecule has 2 amide bonds. The molecule has 1 aromatic heterocycles. The van der Waals surface area contributed by atoms with E-state index in [-0.39, 0.29) is 24.1 Å². The standard InChI is InChI=1S/C19H17N5O2S2/c1-12-6-8-13(9-7-12)20-18-22-23-19(28-18)27-11-17(26)24-10-16(25)21-14-4-2-3-5-15(14)24/h2-9H,10-11H2,1H3,(H,20,22)(H,21,25). The van der Waals surface area contributed by atoms with E-state index in [9.17, 15) is 9.59 Å². The van der Waals surface area contributed by atoms with Crippen LogP contribution in [0.15, 0.2) is 52.9 Å². The Morgan fingerprint density at radius 1 is 1.21 bits per heavy atom. The first-order chi connectivity index (χ1) is 13.6. The highest BCUT2D eigenvalue weighted by molar-refractivity contribution is 8.01. The van der Waals surface area contributed by atoms with Crippen LogP contribution in [0.1, 0.15) is 5.56 Å². The minimum absolute atomic E-state index is 0.0206. The van der Waals surface area contributed by atoms with Crippen LogP contribution in [0.4, 0.5) is 22.2 Å². The molecule has 2 heterocycles. The third kappa shape index (κ3) is 4.15. The number of fused-ring (bicyclic) bond motifs is 1. The molecule has 0 atom stereocenters. The van der Waals surface area contributed by atoms with Crippen LogP contribution >= 0.6 is 23.1 Å². The molecule has 7 nitrogen and oxygen atoms in total. The van der Waals surface area contributed by atoms with Crippen molar-refractivity contribution in [1.82, 2.24) is 10.2 Å².